The van der Waals surface area contributed by atoms with E-state index >= 15 is 0 Å². The summed E-state index contributed by atoms with van der Waals surface area (Å²) in [4.78, 5) is 4.46. The van der Waals surface area contributed by atoms with Crippen molar-refractivity contribution in [1.29, 1.82) is 0 Å². The first-order valence-corrected chi connectivity index (χ1v) is 9.78. The van der Waals surface area contributed by atoms with Gasteiger partial charge in [-0.25, -0.2) is 14.1 Å². The van der Waals surface area contributed by atoms with E-state index in [4.69, 9.17) is 9.47 Å². The Hall–Kier alpha value is -2.93. The van der Waals surface area contributed by atoms with Crippen molar-refractivity contribution in [2.24, 2.45) is 0 Å². The number of hydrogen-bond donors (Lipinski definition) is 1. The van der Waals surface area contributed by atoms with Crippen LogP contribution in [0.25, 0.3) is 0 Å². The fourth-order valence-corrected chi connectivity index (χ4v) is 3.55. The van der Waals surface area contributed by atoms with Gasteiger partial charge in [-0.3, -0.25) is 0 Å². The first-order valence-electron chi connectivity index (χ1n) is 9.78. The Labute approximate surface area is 169 Å². The molecule has 2 heterocycles. The van der Waals surface area contributed by atoms with Crippen LogP contribution in [0.2, 0.25) is 0 Å². The highest BCUT2D eigenvalue weighted by Gasteiger charge is 2.20. The molecule has 0 aliphatic carbocycles. The van der Waals surface area contributed by atoms with Crippen molar-refractivity contribution < 1.29 is 13.9 Å². The van der Waals surface area contributed by atoms with Crippen LogP contribution in [0.4, 0.5) is 4.39 Å². The Morgan fingerprint density at radius 3 is 2.72 bits per heavy atom. The fraction of sp³-hybridized carbons (Fsp3) is 0.364. The number of benzene rings is 2. The van der Waals surface area contributed by atoms with Crippen molar-refractivity contribution in [3.63, 3.8) is 0 Å². The lowest BCUT2D eigenvalue weighted by atomic mass is 10.1. The third kappa shape index (κ3) is 4.74. The number of methoxy groups -OCH3 is 1. The maximum Gasteiger partial charge on any atom is 0.161 e. The summed E-state index contributed by atoms with van der Waals surface area (Å²) in [5.74, 6) is 3.01. The maximum absolute atomic E-state index is 13.0. The lowest BCUT2D eigenvalue weighted by Crippen LogP contribution is -2.37. The van der Waals surface area contributed by atoms with Crippen LogP contribution in [0.1, 0.15) is 29.2 Å². The van der Waals surface area contributed by atoms with Crippen LogP contribution in [0.3, 0.4) is 0 Å². The normalized spacial score (nSPS) is 15.8. The third-order valence-corrected chi connectivity index (χ3v) is 5.09. The summed E-state index contributed by atoms with van der Waals surface area (Å²) >= 11 is 0. The minimum Gasteiger partial charge on any atom is -0.493 e. The van der Waals surface area contributed by atoms with E-state index in [0.717, 1.165) is 48.7 Å². The molecule has 1 N–H and O–H groups in total. The van der Waals surface area contributed by atoms with Gasteiger partial charge >= 0.3 is 0 Å². The predicted octanol–water partition coefficient (Wildman–Crippen LogP) is 3.42. The summed E-state index contributed by atoms with van der Waals surface area (Å²) in [6.07, 6.45) is 1.99. The molecule has 3 aromatic rings. The molecule has 0 bridgehead atoms. The molecule has 152 valence electrons. The number of aromatic nitrogens is 3. The molecule has 0 radical (unpaired) electrons. The average molecular weight is 396 g/mol. The number of ether oxygens (including phenoxy) is 2. The topological polar surface area (TPSA) is 61.2 Å². The highest BCUT2D eigenvalue weighted by Crippen LogP contribution is 2.29. The van der Waals surface area contributed by atoms with E-state index in [9.17, 15) is 4.39 Å². The van der Waals surface area contributed by atoms with E-state index in [1.807, 2.05) is 29.8 Å². The highest BCUT2D eigenvalue weighted by atomic mass is 19.1. The van der Waals surface area contributed by atoms with E-state index in [-0.39, 0.29) is 5.82 Å². The predicted molar refractivity (Wildman–Crippen MR) is 107 cm³/mol. The van der Waals surface area contributed by atoms with Gasteiger partial charge in [-0.2, -0.15) is 5.10 Å². The van der Waals surface area contributed by atoms with Crippen LogP contribution in [0.5, 0.6) is 11.5 Å². The van der Waals surface area contributed by atoms with Crippen LogP contribution in [0, 0.1) is 12.7 Å². The minimum atomic E-state index is -0.253. The van der Waals surface area contributed by atoms with Crippen molar-refractivity contribution >= 4 is 0 Å². The van der Waals surface area contributed by atoms with Gasteiger partial charge in [0.15, 0.2) is 11.5 Å². The van der Waals surface area contributed by atoms with Gasteiger partial charge < -0.3 is 14.8 Å². The maximum atomic E-state index is 13.0. The van der Waals surface area contributed by atoms with Crippen molar-refractivity contribution in [3.05, 3.63) is 71.1 Å². The smallest absolute Gasteiger partial charge is 0.161 e. The lowest BCUT2D eigenvalue weighted by molar-refractivity contribution is 0.284. The SMILES string of the molecule is COc1cc(CNC2CCc3nc(C)nn3C2)ccc1OCc1ccc(F)cc1. The van der Waals surface area contributed by atoms with Crippen LogP contribution >= 0.6 is 0 Å². The molecule has 4 rings (SSSR count). The summed E-state index contributed by atoms with van der Waals surface area (Å²) in [6, 6.07) is 12.6. The Bertz CT molecular complexity index is 971. The zero-order valence-corrected chi connectivity index (χ0v) is 16.7. The van der Waals surface area contributed by atoms with E-state index in [0.29, 0.717) is 24.1 Å². The Balaban J connectivity index is 1.34. The molecule has 7 heteroatoms. The van der Waals surface area contributed by atoms with Gasteiger partial charge in [0.2, 0.25) is 0 Å². The number of nitrogens with one attached hydrogen (secondary N) is 1. The van der Waals surface area contributed by atoms with Gasteiger partial charge in [-0.1, -0.05) is 18.2 Å². The van der Waals surface area contributed by atoms with Gasteiger partial charge in [0.05, 0.1) is 13.7 Å². The van der Waals surface area contributed by atoms with Gasteiger partial charge in [0.25, 0.3) is 0 Å². The third-order valence-electron chi connectivity index (χ3n) is 5.09. The molecule has 1 aliphatic rings. The number of aryl methyl sites for hydroxylation is 2. The average Bonchev–Trinajstić information content (AvgIpc) is 3.11. The van der Waals surface area contributed by atoms with E-state index in [1.54, 1.807) is 19.2 Å². The molecule has 0 saturated heterocycles. The van der Waals surface area contributed by atoms with Crippen LogP contribution < -0.4 is 14.8 Å². The highest BCUT2D eigenvalue weighted by molar-refractivity contribution is 5.43. The second kappa shape index (κ2) is 8.61. The molecular weight excluding hydrogens is 371 g/mol. The van der Waals surface area contributed by atoms with Crippen LogP contribution in [-0.2, 0) is 26.1 Å². The van der Waals surface area contributed by atoms with Crippen LogP contribution in [0.15, 0.2) is 42.5 Å². The first kappa shape index (κ1) is 19.4. The summed E-state index contributed by atoms with van der Waals surface area (Å²) < 4.78 is 26.4. The monoisotopic (exact) mass is 396 g/mol. The number of rotatable bonds is 7. The van der Waals surface area contributed by atoms with Gasteiger partial charge in [0.1, 0.15) is 24.1 Å². The molecule has 1 aromatic heterocycles. The van der Waals surface area contributed by atoms with E-state index < -0.39 is 0 Å². The molecule has 0 spiro atoms. The van der Waals surface area contributed by atoms with E-state index in [2.05, 4.69) is 15.4 Å². The van der Waals surface area contributed by atoms with Crippen LogP contribution in [-0.4, -0.2) is 27.9 Å². The van der Waals surface area contributed by atoms with Crippen molar-refractivity contribution in [2.45, 2.75) is 45.5 Å². The Morgan fingerprint density at radius 2 is 1.93 bits per heavy atom. The number of halogens is 1. The van der Waals surface area contributed by atoms with Gasteiger partial charge in [-0.05, 0) is 48.7 Å². The van der Waals surface area contributed by atoms with Gasteiger partial charge in [-0.15, -0.1) is 0 Å². The lowest BCUT2D eigenvalue weighted by Gasteiger charge is -2.23. The fourth-order valence-electron chi connectivity index (χ4n) is 3.55. The molecule has 29 heavy (non-hydrogen) atoms. The van der Waals surface area contributed by atoms with E-state index in [1.165, 1.54) is 12.1 Å². The molecule has 1 aliphatic heterocycles. The molecule has 6 nitrogen and oxygen atoms in total. The summed E-state index contributed by atoms with van der Waals surface area (Å²) in [6.45, 7) is 3.87. The van der Waals surface area contributed by atoms with Crippen molar-refractivity contribution in [1.82, 2.24) is 20.1 Å². The summed E-state index contributed by atoms with van der Waals surface area (Å²) in [5, 5.41) is 8.06. The molecular formula is C22H25FN4O2. The van der Waals surface area contributed by atoms with Crippen molar-refractivity contribution in [3.8, 4) is 11.5 Å². The first-order chi connectivity index (χ1) is 14.1. The van der Waals surface area contributed by atoms with Gasteiger partial charge in [0, 0.05) is 19.0 Å². The summed E-state index contributed by atoms with van der Waals surface area (Å²) in [5.41, 5.74) is 2.02. The number of fused-ring (bicyclic) bond motifs is 1. The molecule has 0 fully saturated rings. The Morgan fingerprint density at radius 1 is 1.14 bits per heavy atom. The number of nitrogens with zero attached hydrogens (tertiary/aromatic N) is 3. The molecule has 1 unspecified atom stereocenters. The largest absolute Gasteiger partial charge is 0.493 e. The zero-order chi connectivity index (χ0) is 20.2. The molecule has 0 amide bonds. The second-order valence-corrected chi connectivity index (χ2v) is 7.27. The minimum absolute atomic E-state index is 0.253. The quantitative estimate of drug-likeness (QED) is 0.663. The molecule has 2 aromatic carbocycles. The standard InChI is InChI=1S/C22H25FN4O2/c1-15-25-22-10-8-19(13-27(22)26-15)24-12-17-5-9-20(21(11-17)28-2)29-14-16-3-6-18(23)7-4-16/h3-7,9,11,19,24H,8,10,12-14H2,1-2H3. The molecule has 0 saturated carbocycles. The Kier molecular flexibility index (Phi) is 5.76. The zero-order valence-electron chi connectivity index (χ0n) is 16.7. The van der Waals surface area contributed by atoms with Crippen molar-refractivity contribution in [2.75, 3.05) is 7.11 Å². The summed E-state index contributed by atoms with van der Waals surface area (Å²) in [7, 11) is 1.63. The molecule has 1 atom stereocenters. The number of hydrogen-bond acceptors (Lipinski definition) is 5. The second-order valence-electron chi connectivity index (χ2n) is 7.27.